The van der Waals surface area contributed by atoms with E-state index in [1.807, 2.05) is 51.3 Å². The Morgan fingerprint density at radius 1 is 0.718 bits per heavy atom. The molecule has 0 aromatic carbocycles. The second-order valence-electron chi connectivity index (χ2n) is 14.2. The van der Waals surface area contributed by atoms with E-state index in [0.29, 0.717) is 6.61 Å². The highest BCUT2D eigenvalue weighted by molar-refractivity contribution is 5.68. The molecule has 4 unspecified atom stereocenters. The molecular formula is C32H60N2O5. The third-order valence-electron chi connectivity index (χ3n) is 8.71. The Kier molecular flexibility index (Phi) is 12.5. The lowest BCUT2D eigenvalue weighted by Gasteiger charge is -2.33. The zero-order chi connectivity index (χ0) is 28.1. The maximum Gasteiger partial charge on any atom is 0.410 e. The van der Waals surface area contributed by atoms with Crippen molar-refractivity contribution in [2.45, 2.75) is 125 Å². The van der Waals surface area contributed by atoms with Gasteiger partial charge in [0.25, 0.3) is 0 Å². The summed E-state index contributed by atoms with van der Waals surface area (Å²) in [7, 11) is 0. The second kappa shape index (κ2) is 14.4. The van der Waals surface area contributed by atoms with Gasteiger partial charge in [-0.3, -0.25) is 0 Å². The normalized spacial score (nSPS) is 27.6. The molecule has 2 aliphatic heterocycles. The van der Waals surface area contributed by atoms with Crippen LogP contribution in [0, 0.1) is 35.5 Å². The predicted octanol–water partition coefficient (Wildman–Crippen LogP) is 7.36. The molecule has 4 aliphatic rings. The second-order valence-corrected chi connectivity index (χ2v) is 14.2. The van der Waals surface area contributed by atoms with Gasteiger partial charge in [0, 0.05) is 32.8 Å². The topological polar surface area (TPSA) is 79.3 Å². The molecule has 7 heteroatoms. The Hall–Kier alpha value is -1.50. The summed E-state index contributed by atoms with van der Waals surface area (Å²) in [6.45, 7) is 17.5. The molecule has 2 saturated carbocycles. The van der Waals surface area contributed by atoms with Gasteiger partial charge in [-0.05, 0) is 122 Å². The van der Waals surface area contributed by atoms with E-state index in [9.17, 15) is 9.59 Å². The van der Waals surface area contributed by atoms with Gasteiger partial charge in [0.2, 0.25) is 0 Å². The number of aliphatic hydroxyl groups excluding tert-OH is 1. The molecule has 2 aliphatic carbocycles. The highest BCUT2D eigenvalue weighted by atomic mass is 16.6. The quantitative estimate of drug-likeness (QED) is 0.372. The van der Waals surface area contributed by atoms with Gasteiger partial charge in [-0.15, -0.1) is 0 Å². The number of hydrogen-bond donors (Lipinski definition) is 1. The van der Waals surface area contributed by atoms with Crippen LogP contribution < -0.4 is 0 Å². The minimum Gasteiger partial charge on any atom is -0.444 e. The number of hydrogen-bond acceptors (Lipinski definition) is 5. The third kappa shape index (κ3) is 11.1. The van der Waals surface area contributed by atoms with E-state index in [4.69, 9.17) is 14.6 Å². The number of nitrogens with zero attached hydrogens (tertiary/aromatic N) is 2. The summed E-state index contributed by atoms with van der Waals surface area (Å²) in [5.41, 5.74) is -0.784. The number of ether oxygens (including phenoxy) is 2. The molecule has 228 valence electrons. The van der Waals surface area contributed by atoms with E-state index in [1.165, 1.54) is 38.5 Å². The van der Waals surface area contributed by atoms with Crippen molar-refractivity contribution in [3.8, 4) is 0 Å². The molecule has 2 amide bonds. The van der Waals surface area contributed by atoms with Crippen LogP contribution in [0.15, 0.2) is 0 Å². The van der Waals surface area contributed by atoms with E-state index in [-0.39, 0.29) is 25.2 Å². The number of amides is 2. The molecule has 0 radical (unpaired) electrons. The average Bonchev–Trinajstić information content (AvgIpc) is 3.75. The van der Waals surface area contributed by atoms with Crippen LogP contribution in [0.4, 0.5) is 9.59 Å². The van der Waals surface area contributed by atoms with Crippen LogP contribution in [-0.2, 0) is 9.47 Å². The fourth-order valence-corrected chi connectivity index (χ4v) is 6.57. The summed E-state index contributed by atoms with van der Waals surface area (Å²) in [6, 6.07) is 0. The predicted molar refractivity (Wildman–Crippen MR) is 158 cm³/mol. The van der Waals surface area contributed by atoms with E-state index < -0.39 is 5.60 Å². The number of piperidine rings is 2. The molecule has 2 saturated heterocycles. The maximum atomic E-state index is 12.0. The first-order valence-electron chi connectivity index (χ1n) is 15.4. The monoisotopic (exact) mass is 552 g/mol. The number of rotatable bonds is 6. The van der Waals surface area contributed by atoms with E-state index in [2.05, 4.69) is 6.92 Å². The third-order valence-corrected chi connectivity index (χ3v) is 8.71. The summed E-state index contributed by atoms with van der Waals surface area (Å²) in [5, 5.41) is 8.95. The van der Waals surface area contributed by atoms with Gasteiger partial charge in [-0.25, -0.2) is 9.59 Å². The van der Waals surface area contributed by atoms with Gasteiger partial charge in [-0.1, -0.05) is 27.2 Å². The molecule has 0 bridgehead atoms. The summed E-state index contributed by atoms with van der Waals surface area (Å²) in [5.74, 6) is 5.09. The Labute approximate surface area is 239 Å². The van der Waals surface area contributed by atoms with Gasteiger partial charge in [0.05, 0.1) is 0 Å². The Bertz CT molecular complexity index is 694. The largest absolute Gasteiger partial charge is 0.444 e. The summed E-state index contributed by atoms with van der Waals surface area (Å²) in [6.07, 6.45) is 10.6. The summed E-state index contributed by atoms with van der Waals surface area (Å²) >= 11 is 0. The standard InChI is InChI=1S/C16H29NO2.C15H27NO3.CH4/c1-5-6-13-11-14(13)12-7-9-17(10-8-12)15(18)19-16(2,3)4;1-15(2,3)19-14(18)16-7-4-11(5-8-16)13-10-12(13)6-9-17;/h12-14H,5-11H2,1-4H3;11-13,17H,4-10H2,1-3H3;1H4. The van der Waals surface area contributed by atoms with Crippen molar-refractivity contribution in [1.29, 1.82) is 0 Å². The Morgan fingerprint density at radius 2 is 1.08 bits per heavy atom. The molecule has 4 fully saturated rings. The van der Waals surface area contributed by atoms with Crippen molar-refractivity contribution in [3.63, 3.8) is 0 Å². The summed E-state index contributed by atoms with van der Waals surface area (Å²) < 4.78 is 10.8. The van der Waals surface area contributed by atoms with Crippen LogP contribution in [0.25, 0.3) is 0 Å². The highest BCUT2D eigenvalue weighted by Crippen LogP contribution is 2.50. The van der Waals surface area contributed by atoms with Crippen molar-refractivity contribution in [1.82, 2.24) is 9.80 Å². The van der Waals surface area contributed by atoms with E-state index in [0.717, 1.165) is 80.9 Å². The van der Waals surface area contributed by atoms with Crippen molar-refractivity contribution in [2.24, 2.45) is 35.5 Å². The van der Waals surface area contributed by atoms with Crippen molar-refractivity contribution in [2.75, 3.05) is 32.8 Å². The SMILES string of the molecule is C.CC(C)(C)OC(=O)N1CCC(C2CC2CCO)CC1.CCCC1CC1C1CCN(C(=O)OC(C)(C)C)CC1. The highest BCUT2D eigenvalue weighted by Gasteiger charge is 2.44. The van der Waals surface area contributed by atoms with Crippen molar-refractivity contribution >= 4 is 12.2 Å². The first-order chi connectivity index (χ1) is 17.8. The van der Waals surface area contributed by atoms with Gasteiger partial charge >= 0.3 is 12.2 Å². The molecule has 0 spiro atoms. The zero-order valence-electron chi connectivity index (χ0n) is 25.3. The minimum absolute atomic E-state index is 0. The molecule has 39 heavy (non-hydrogen) atoms. The molecule has 2 heterocycles. The number of carbonyl (C=O) groups is 2. The van der Waals surface area contributed by atoms with Gasteiger partial charge < -0.3 is 24.4 Å². The van der Waals surface area contributed by atoms with Crippen molar-refractivity contribution in [3.05, 3.63) is 0 Å². The van der Waals surface area contributed by atoms with Crippen LogP contribution >= 0.6 is 0 Å². The van der Waals surface area contributed by atoms with Crippen LogP contribution in [0.5, 0.6) is 0 Å². The zero-order valence-corrected chi connectivity index (χ0v) is 25.3. The lowest BCUT2D eigenvalue weighted by molar-refractivity contribution is 0.0163. The van der Waals surface area contributed by atoms with Crippen LogP contribution in [0.3, 0.4) is 0 Å². The first kappa shape index (κ1) is 33.7. The van der Waals surface area contributed by atoms with Crippen LogP contribution in [-0.4, -0.2) is 71.1 Å². The fourth-order valence-electron chi connectivity index (χ4n) is 6.57. The van der Waals surface area contributed by atoms with Gasteiger partial charge in [0.15, 0.2) is 0 Å². The molecular weight excluding hydrogens is 492 g/mol. The summed E-state index contributed by atoms with van der Waals surface area (Å²) in [4.78, 5) is 27.6. The molecule has 7 nitrogen and oxygen atoms in total. The maximum absolute atomic E-state index is 12.0. The van der Waals surface area contributed by atoms with E-state index >= 15 is 0 Å². The molecule has 0 aromatic heterocycles. The van der Waals surface area contributed by atoms with Crippen molar-refractivity contribution < 1.29 is 24.2 Å². The Balaban J connectivity index is 0.000000267. The number of carbonyl (C=O) groups excluding carboxylic acids is 2. The molecule has 4 rings (SSSR count). The lowest BCUT2D eigenvalue weighted by atomic mass is 9.90. The van der Waals surface area contributed by atoms with E-state index in [1.54, 1.807) is 0 Å². The molecule has 0 aromatic rings. The van der Waals surface area contributed by atoms with Gasteiger partial charge in [0.1, 0.15) is 11.2 Å². The molecule has 1 N–H and O–H groups in total. The van der Waals surface area contributed by atoms with Gasteiger partial charge in [-0.2, -0.15) is 0 Å². The average molecular weight is 553 g/mol. The number of likely N-dealkylation sites (tertiary alicyclic amines) is 2. The van der Waals surface area contributed by atoms with Crippen LogP contribution in [0.1, 0.15) is 114 Å². The molecule has 4 atom stereocenters. The first-order valence-corrected chi connectivity index (χ1v) is 15.4. The Morgan fingerprint density at radius 3 is 1.38 bits per heavy atom. The minimum atomic E-state index is -0.406. The number of aliphatic hydroxyl groups is 1. The fraction of sp³-hybridized carbons (Fsp3) is 0.938. The smallest absolute Gasteiger partial charge is 0.410 e. The lowest BCUT2D eigenvalue weighted by Crippen LogP contribution is -2.42. The van der Waals surface area contributed by atoms with Crippen LogP contribution in [0.2, 0.25) is 0 Å².